The van der Waals surface area contributed by atoms with Crippen LogP contribution in [0.4, 0.5) is 36.2 Å². The third-order valence-electron chi connectivity index (χ3n) is 6.76. The Kier molecular flexibility index (Phi) is 7.99. The summed E-state index contributed by atoms with van der Waals surface area (Å²) in [6.45, 7) is 6.08. The van der Waals surface area contributed by atoms with Crippen LogP contribution in [0.1, 0.15) is 0 Å². The van der Waals surface area contributed by atoms with Crippen LogP contribution >= 0.6 is 0 Å². The van der Waals surface area contributed by atoms with Crippen molar-refractivity contribution in [2.75, 3.05) is 54.9 Å². The van der Waals surface area contributed by atoms with E-state index in [9.17, 15) is 9.59 Å². The molecule has 1 aliphatic heterocycles. The monoisotopic (exact) mass is 565 g/mol. The van der Waals surface area contributed by atoms with Crippen LogP contribution in [-0.4, -0.2) is 69.8 Å². The van der Waals surface area contributed by atoms with E-state index < -0.39 is 28.8 Å². The SMILES string of the molecule is C=CC(=O)Nc1cccc(-n2ccc(=O)c3cnc(Nc4ccc(N5CCN(CCO)CC5)c(F)c4F)nc32)c1F. The predicted molar refractivity (Wildman–Crippen MR) is 149 cm³/mol. The minimum absolute atomic E-state index is 0.000604. The highest BCUT2D eigenvalue weighted by molar-refractivity contribution is 5.99. The fourth-order valence-corrected chi connectivity index (χ4v) is 4.63. The van der Waals surface area contributed by atoms with Gasteiger partial charge in [-0.3, -0.25) is 19.1 Å². The average Bonchev–Trinajstić information content (AvgIpc) is 2.98. The quantitative estimate of drug-likeness (QED) is 0.279. The summed E-state index contributed by atoms with van der Waals surface area (Å²) in [4.78, 5) is 36.4. The number of pyridine rings is 1. The molecule has 212 valence electrons. The normalized spacial score (nSPS) is 13.8. The van der Waals surface area contributed by atoms with Gasteiger partial charge in [-0.05, 0) is 30.3 Å². The molecule has 13 heteroatoms. The van der Waals surface area contributed by atoms with Crippen molar-refractivity contribution in [3.8, 4) is 5.69 Å². The molecule has 0 spiro atoms. The molecule has 2 aromatic carbocycles. The molecule has 1 fully saturated rings. The van der Waals surface area contributed by atoms with E-state index in [1.165, 1.54) is 53.4 Å². The number of hydrogen-bond acceptors (Lipinski definition) is 8. The second-order valence-corrected chi connectivity index (χ2v) is 9.25. The van der Waals surface area contributed by atoms with E-state index in [1.807, 2.05) is 4.90 Å². The van der Waals surface area contributed by atoms with Gasteiger partial charge in [0.1, 0.15) is 0 Å². The fourth-order valence-electron chi connectivity index (χ4n) is 4.63. The molecule has 0 bridgehead atoms. The van der Waals surface area contributed by atoms with Crippen molar-refractivity contribution < 1.29 is 23.1 Å². The Bertz CT molecular complexity index is 1690. The summed E-state index contributed by atoms with van der Waals surface area (Å²) in [6, 6.07) is 8.33. The highest BCUT2D eigenvalue weighted by Crippen LogP contribution is 2.30. The average molecular weight is 566 g/mol. The molecule has 1 aliphatic rings. The molecule has 5 rings (SSSR count). The Hall–Kier alpha value is -4.75. The number of β-amino-alcohol motifs (C(OH)–C–C–N with tert-alkyl or cyclic N) is 1. The summed E-state index contributed by atoms with van der Waals surface area (Å²) in [5.74, 6) is -3.72. The first-order chi connectivity index (χ1) is 19.8. The molecule has 1 saturated heterocycles. The van der Waals surface area contributed by atoms with Gasteiger partial charge in [0, 0.05) is 51.2 Å². The summed E-state index contributed by atoms with van der Waals surface area (Å²) in [7, 11) is 0. The third-order valence-corrected chi connectivity index (χ3v) is 6.76. The number of aliphatic hydroxyl groups is 1. The number of halogens is 3. The molecule has 0 radical (unpaired) electrons. The van der Waals surface area contributed by atoms with E-state index in [0.29, 0.717) is 32.7 Å². The molecule has 41 heavy (non-hydrogen) atoms. The number of nitrogens with zero attached hydrogens (tertiary/aromatic N) is 5. The third kappa shape index (κ3) is 5.62. The number of anilines is 4. The molecule has 0 unspecified atom stereocenters. The van der Waals surface area contributed by atoms with E-state index >= 15 is 13.2 Å². The van der Waals surface area contributed by atoms with Crippen molar-refractivity contribution in [1.29, 1.82) is 0 Å². The maximum atomic E-state index is 15.4. The van der Waals surface area contributed by atoms with Crippen LogP contribution < -0.4 is 21.0 Å². The number of aromatic nitrogens is 3. The number of carbonyl (C=O) groups excluding carboxylic acids is 1. The van der Waals surface area contributed by atoms with Crippen molar-refractivity contribution in [1.82, 2.24) is 19.4 Å². The highest BCUT2D eigenvalue weighted by atomic mass is 19.2. The van der Waals surface area contributed by atoms with Gasteiger partial charge < -0.3 is 20.6 Å². The first-order valence-corrected chi connectivity index (χ1v) is 12.7. The number of carbonyl (C=O) groups is 1. The lowest BCUT2D eigenvalue weighted by atomic mass is 10.2. The Morgan fingerprint density at radius 2 is 1.78 bits per heavy atom. The number of rotatable bonds is 8. The van der Waals surface area contributed by atoms with Crippen molar-refractivity contribution in [2.45, 2.75) is 0 Å². The van der Waals surface area contributed by atoms with Crippen molar-refractivity contribution in [3.63, 3.8) is 0 Å². The molecular formula is C28H26F3N7O3. The molecule has 0 aliphatic carbocycles. The molecule has 3 N–H and O–H groups in total. The van der Waals surface area contributed by atoms with Crippen LogP contribution in [0.5, 0.6) is 0 Å². The molecule has 4 aromatic rings. The number of hydrogen-bond donors (Lipinski definition) is 3. The first-order valence-electron chi connectivity index (χ1n) is 12.7. The molecule has 10 nitrogen and oxygen atoms in total. The van der Waals surface area contributed by atoms with Crippen molar-refractivity contribution in [3.05, 3.63) is 89.1 Å². The van der Waals surface area contributed by atoms with Crippen LogP contribution in [0.15, 0.2) is 66.2 Å². The van der Waals surface area contributed by atoms with E-state index in [0.717, 1.165) is 6.08 Å². The molecular weight excluding hydrogens is 539 g/mol. The Morgan fingerprint density at radius 1 is 1.00 bits per heavy atom. The summed E-state index contributed by atoms with van der Waals surface area (Å²) < 4.78 is 46.9. The van der Waals surface area contributed by atoms with Gasteiger partial charge in [-0.2, -0.15) is 4.98 Å². The minimum atomic E-state index is -1.13. The van der Waals surface area contributed by atoms with E-state index in [1.54, 1.807) is 4.90 Å². The van der Waals surface area contributed by atoms with Gasteiger partial charge >= 0.3 is 0 Å². The molecule has 2 aromatic heterocycles. The van der Waals surface area contributed by atoms with Gasteiger partial charge in [-0.25, -0.2) is 18.2 Å². The minimum Gasteiger partial charge on any atom is -0.395 e. The zero-order valence-electron chi connectivity index (χ0n) is 21.8. The second-order valence-electron chi connectivity index (χ2n) is 9.25. The van der Waals surface area contributed by atoms with E-state index in [-0.39, 0.29) is 46.3 Å². The molecule has 0 atom stereocenters. The smallest absolute Gasteiger partial charge is 0.247 e. The van der Waals surface area contributed by atoms with Gasteiger partial charge in [0.25, 0.3) is 0 Å². The van der Waals surface area contributed by atoms with Gasteiger partial charge in [-0.1, -0.05) is 12.6 Å². The summed E-state index contributed by atoms with van der Waals surface area (Å²) in [5.41, 5.74) is -0.681. The first kappa shape index (κ1) is 27.8. The van der Waals surface area contributed by atoms with Gasteiger partial charge in [0.05, 0.1) is 34.7 Å². The standard InChI is InChI=1S/C28H26F3N7O3/c1-2-23(41)33-18-4-3-5-21(24(18)29)38-9-8-22(40)17-16-32-28(35-27(17)38)34-19-6-7-20(26(31)25(19)30)37-12-10-36(11-13-37)14-15-39/h2-9,16,39H,1,10-15H2,(H,33,41)(H,32,34,35). The van der Waals surface area contributed by atoms with Crippen molar-refractivity contribution >= 4 is 40.0 Å². The zero-order chi connectivity index (χ0) is 29.1. The summed E-state index contributed by atoms with van der Waals surface area (Å²) in [5, 5.41) is 14.2. The predicted octanol–water partition coefficient (Wildman–Crippen LogP) is 3.18. The molecule has 1 amide bonds. The van der Waals surface area contributed by atoms with E-state index in [4.69, 9.17) is 5.11 Å². The largest absolute Gasteiger partial charge is 0.395 e. The van der Waals surface area contributed by atoms with Crippen LogP contribution in [0.3, 0.4) is 0 Å². The van der Waals surface area contributed by atoms with Gasteiger partial charge in [0.15, 0.2) is 28.5 Å². The number of nitrogens with one attached hydrogen (secondary N) is 2. The number of fused-ring (bicyclic) bond motifs is 1. The zero-order valence-corrected chi connectivity index (χ0v) is 21.8. The second kappa shape index (κ2) is 11.8. The molecule has 0 saturated carbocycles. The summed E-state index contributed by atoms with van der Waals surface area (Å²) in [6.07, 6.45) is 3.52. The van der Waals surface area contributed by atoms with Crippen LogP contribution in [0.2, 0.25) is 0 Å². The maximum Gasteiger partial charge on any atom is 0.247 e. The van der Waals surface area contributed by atoms with Crippen LogP contribution in [0.25, 0.3) is 16.7 Å². The number of aliphatic hydroxyl groups excluding tert-OH is 1. The van der Waals surface area contributed by atoms with E-state index in [2.05, 4.69) is 27.2 Å². The molecule has 3 heterocycles. The van der Waals surface area contributed by atoms with Crippen molar-refractivity contribution in [2.24, 2.45) is 0 Å². The lowest BCUT2D eigenvalue weighted by molar-refractivity contribution is -0.111. The Balaban J connectivity index is 1.46. The number of piperazine rings is 1. The highest BCUT2D eigenvalue weighted by Gasteiger charge is 2.23. The topological polar surface area (TPSA) is 116 Å². The van der Waals surface area contributed by atoms with Gasteiger partial charge in [-0.15, -0.1) is 0 Å². The van der Waals surface area contributed by atoms with Gasteiger partial charge in [0.2, 0.25) is 11.9 Å². The Morgan fingerprint density at radius 3 is 2.51 bits per heavy atom. The fraction of sp³-hybridized carbons (Fsp3) is 0.214. The Labute approximate surface area is 232 Å². The van der Waals surface area contributed by atoms with Crippen LogP contribution in [0, 0.1) is 17.5 Å². The van der Waals surface area contributed by atoms with Crippen LogP contribution in [-0.2, 0) is 4.79 Å². The lowest BCUT2D eigenvalue weighted by Crippen LogP contribution is -2.47. The lowest BCUT2D eigenvalue weighted by Gasteiger charge is -2.36. The number of amides is 1. The summed E-state index contributed by atoms with van der Waals surface area (Å²) >= 11 is 0. The maximum absolute atomic E-state index is 15.4. The number of benzene rings is 2.